The van der Waals surface area contributed by atoms with E-state index in [1.165, 1.54) is 11.3 Å². The Kier molecular flexibility index (Phi) is 4.36. The number of thiophene rings is 1. The molecule has 0 aliphatic heterocycles. The topological polar surface area (TPSA) is 72.2 Å². The maximum Gasteiger partial charge on any atom is 0.242 e. The van der Waals surface area contributed by atoms with Gasteiger partial charge < -0.3 is 5.73 Å². The standard InChI is InChI=1S/C13H16N2O2S2/c1-10-9-18-12(7-14)13(10)19(16,17)15-8-11-5-3-2-4-6-11/h2-6,9,15H,7-8,14H2,1H3. The molecule has 0 fully saturated rings. The third kappa shape index (κ3) is 3.22. The Morgan fingerprint density at radius 2 is 1.95 bits per heavy atom. The van der Waals surface area contributed by atoms with Crippen LogP contribution in [-0.2, 0) is 23.1 Å². The van der Waals surface area contributed by atoms with Crippen molar-refractivity contribution in [3.8, 4) is 0 Å². The summed E-state index contributed by atoms with van der Waals surface area (Å²) in [5, 5.41) is 1.82. The normalized spacial score (nSPS) is 11.7. The van der Waals surface area contributed by atoms with Crippen LogP contribution in [0.3, 0.4) is 0 Å². The minimum Gasteiger partial charge on any atom is -0.326 e. The highest BCUT2D eigenvalue weighted by Crippen LogP contribution is 2.26. The second-order valence-electron chi connectivity index (χ2n) is 4.19. The summed E-state index contributed by atoms with van der Waals surface area (Å²) in [6, 6.07) is 9.42. The van der Waals surface area contributed by atoms with Crippen molar-refractivity contribution in [3.05, 3.63) is 51.7 Å². The molecule has 0 saturated heterocycles. The van der Waals surface area contributed by atoms with Crippen molar-refractivity contribution >= 4 is 21.4 Å². The molecule has 102 valence electrons. The molecule has 0 unspecified atom stereocenters. The summed E-state index contributed by atoms with van der Waals surface area (Å²) < 4.78 is 27.2. The second kappa shape index (κ2) is 5.83. The number of benzene rings is 1. The molecule has 19 heavy (non-hydrogen) atoms. The van der Waals surface area contributed by atoms with Crippen LogP contribution in [0.5, 0.6) is 0 Å². The van der Waals surface area contributed by atoms with Crippen molar-refractivity contribution in [1.29, 1.82) is 0 Å². The lowest BCUT2D eigenvalue weighted by Crippen LogP contribution is -2.24. The molecule has 1 aromatic heterocycles. The maximum absolute atomic E-state index is 12.3. The van der Waals surface area contributed by atoms with Crippen LogP contribution in [0, 0.1) is 6.92 Å². The summed E-state index contributed by atoms with van der Waals surface area (Å²) in [5.41, 5.74) is 7.25. The van der Waals surface area contributed by atoms with Crippen LogP contribution in [-0.4, -0.2) is 8.42 Å². The first kappa shape index (κ1) is 14.2. The van der Waals surface area contributed by atoms with Gasteiger partial charge in [0.1, 0.15) is 4.90 Å². The van der Waals surface area contributed by atoms with E-state index < -0.39 is 10.0 Å². The summed E-state index contributed by atoms with van der Waals surface area (Å²) in [4.78, 5) is 1.02. The molecule has 0 saturated carbocycles. The van der Waals surface area contributed by atoms with Crippen LogP contribution in [0.15, 0.2) is 40.6 Å². The van der Waals surface area contributed by atoms with Gasteiger partial charge in [-0.3, -0.25) is 0 Å². The van der Waals surface area contributed by atoms with E-state index in [1.54, 1.807) is 6.92 Å². The van der Waals surface area contributed by atoms with Gasteiger partial charge >= 0.3 is 0 Å². The van der Waals surface area contributed by atoms with Crippen molar-refractivity contribution in [3.63, 3.8) is 0 Å². The molecule has 2 aromatic rings. The number of nitrogens with one attached hydrogen (secondary N) is 1. The third-order valence-corrected chi connectivity index (χ3v) is 5.64. The van der Waals surface area contributed by atoms with E-state index in [-0.39, 0.29) is 13.1 Å². The first-order valence-electron chi connectivity index (χ1n) is 5.85. The van der Waals surface area contributed by atoms with E-state index in [0.29, 0.717) is 9.77 Å². The van der Waals surface area contributed by atoms with Gasteiger partial charge in [-0.1, -0.05) is 30.3 Å². The number of aryl methyl sites for hydroxylation is 1. The smallest absolute Gasteiger partial charge is 0.242 e. The van der Waals surface area contributed by atoms with E-state index in [9.17, 15) is 8.42 Å². The Balaban J connectivity index is 2.21. The van der Waals surface area contributed by atoms with Crippen molar-refractivity contribution in [1.82, 2.24) is 4.72 Å². The predicted molar refractivity (Wildman–Crippen MR) is 77.4 cm³/mol. The quantitative estimate of drug-likeness (QED) is 0.886. The Morgan fingerprint density at radius 3 is 2.58 bits per heavy atom. The minimum absolute atomic E-state index is 0.236. The molecule has 2 rings (SSSR count). The first-order chi connectivity index (χ1) is 9.04. The maximum atomic E-state index is 12.3. The lowest BCUT2D eigenvalue weighted by atomic mass is 10.2. The number of hydrogen-bond acceptors (Lipinski definition) is 4. The fourth-order valence-corrected chi connectivity index (χ4v) is 4.55. The number of rotatable bonds is 5. The van der Waals surface area contributed by atoms with Gasteiger partial charge in [-0.15, -0.1) is 11.3 Å². The van der Waals surface area contributed by atoms with Gasteiger partial charge in [-0.25, -0.2) is 13.1 Å². The molecule has 4 nitrogen and oxygen atoms in total. The summed E-state index contributed by atoms with van der Waals surface area (Å²) in [6.45, 7) is 2.30. The van der Waals surface area contributed by atoms with Gasteiger partial charge in [0.25, 0.3) is 0 Å². The molecule has 0 atom stereocenters. The summed E-state index contributed by atoms with van der Waals surface area (Å²) in [7, 11) is -3.51. The highest BCUT2D eigenvalue weighted by Gasteiger charge is 2.21. The molecule has 1 aromatic carbocycles. The number of hydrogen-bond donors (Lipinski definition) is 2. The predicted octanol–water partition coefficient (Wildman–Crippen LogP) is 1.99. The monoisotopic (exact) mass is 296 g/mol. The van der Waals surface area contributed by atoms with E-state index in [1.807, 2.05) is 35.7 Å². The fourth-order valence-electron chi connectivity index (χ4n) is 1.84. The van der Waals surface area contributed by atoms with E-state index in [4.69, 9.17) is 5.73 Å². The zero-order valence-corrected chi connectivity index (χ0v) is 12.2. The minimum atomic E-state index is -3.51. The third-order valence-electron chi connectivity index (χ3n) is 2.75. The Morgan fingerprint density at radius 1 is 1.26 bits per heavy atom. The average Bonchev–Trinajstić information content (AvgIpc) is 2.80. The molecule has 0 aliphatic carbocycles. The molecular formula is C13H16N2O2S2. The van der Waals surface area contributed by atoms with Crippen LogP contribution >= 0.6 is 11.3 Å². The second-order valence-corrected chi connectivity index (χ2v) is 6.85. The molecular weight excluding hydrogens is 280 g/mol. The Labute approximate surface area is 117 Å². The highest BCUT2D eigenvalue weighted by molar-refractivity contribution is 7.89. The van der Waals surface area contributed by atoms with Crippen LogP contribution in [0.25, 0.3) is 0 Å². The molecule has 0 aliphatic rings. The first-order valence-corrected chi connectivity index (χ1v) is 8.21. The van der Waals surface area contributed by atoms with Crippen LogP contribution < -0.4 is 10.5 Å². The summed E-state index contributed by atoms with van der Waals surface area (Å²) >= 11 is 1.38. The molecule has 6 heteroatoms. The van der Waals surface area contributed by atoms with Gasteiger partial charge in [0, 0.05) is 18.0 Å². The average molecular weight is 296 g/mol. The number of nitrogens with two attached hydrogens (primary N) is 1. The summed E-state index contributed by atoms with van der Waals surface area (Å²) in [5.74, 6) is 0. The van der Waals surface area contributed by atoms with E-state index in [0.717, 1.165) is 11.1 Å². The molecule has 0 amide bonds. The van der Waals surface area contributed by atoms with Crippen molar-refractivity contribution in [2.75, 3.05) is 0 Å². The van der Waals surface area contributed by atoms with E-state index in [2.05, 4.69) is 4.72 Å². The lowest BCUT2D eigenvalue weighted by Gasteiger charge is -2.08. The Bertz CT molecular complexity index is 649. The fraction of sp³-hybridized carbons (Fsp3) is 0.231. The molecule has 0 spiro atoms. The van der Waals surface area contributed by atoms with Gasteiger partial charge in [-0.05, 0) is 23.4 Å². The SMILES string of the molecule is Cc1csc(CN)c1S(=O)(=O)NCc1ccccc1. The van der Waals surface area contributed by atoms with Gasteiger partial charge in [-0.2, -0.15) is 0 Å². The lowest BCUT2D eigenvalue weighted by molar-refractivity contribution is 0.580. The molecule has 0 bridgehead atoms. The molecule has 1 heterocycles. The van der Waals surface area contributed by atoms with Crippen molar-refractivity contribution < 1.29 is 8.42 Å². The zero-order valence-electron chi connectivity index (χ0n) is 10.6. The van der Waals surface area contributed by atoms with Gasteiger partial charge in [0.15, 0.2) is 0 Å². The highest BCUT2D eigenvalue weighted by atomic mass is 32.2. The van der Waals surface area contributed by atoms with E-state index >= 15 is 0 Å². The van der Waals surface area contributed by atoms with Crippen molar-refractivity contribution in [2.24, 2.45) is 5.73 Å². The largest absolute Gasteiger partial charge is 0.326 e. The van der Waals surface area contributed by atoms with Gasteiger partial charge in [0.2, 0.25) is 10.0 Å². The molecule has 0 radical (unpaired) electrons. The Hall–Kier alpha value is -1.21. The van der Waals surface area contributed by atoms with Crippen LogP contribution in [0.4, 0.5) is 0 Å². The zero-order chi connectivity index (χ0) is 13.9. The molecule has 3 N–H and O–H groups in total. The summed E-state index contributed by atoms with van der Waals surface area (Å²) in [6.07, 6.45) is 0. The van der Waals surface area contributed by atoms with Crippen LogP contribution in [0.2, 0.25) is 0 Å². The number of sulfonamides is 1. The van der Waals surface area contributed by atoms with Gasteiger partial charge in [0.05, 0.1) is 0 Å². The van der Waals surface area contributed by atoms with Crippen molar-refractivity contribution in [2.45, 2.75) is 24.9 Å². The van der Waals surface area contributed by atoms with Crippen LogP contribution in [0.1, 0.15) is 16.0 Å².